The van der Waals surface area contributed by atoms with Gasteiger partial charge in [0.2, 0.25) is 0 Å². The van der Waals surface area contributed by atoms with E-state index in [2.05, 4.69) is 21.2 Å². The molecule has 0 saturated heterocycles. The summed E-state index contributed by atoms with van der Waals surface area (Å²) < 4.78 is 41.3. The second kappa shape index (κ2) is 6.74. The van der Waals surface area contributed by atoms with Crippen molar-refractivity contribution < 1.29 is 13.2 Å². The van der Waals surface area contributed by atoms with Crippen LogP contribution in [0.15, 0.2) is 28.1 Å². The molecule has 2 rings (SSSR count). The van der Waals surface area contributed by atoms with Crippen LogP contribution in [0.4, 0.5) is 13.2 Å². The molecule has 0 saturated carbocycles. The van der Waals surface area contributed by atoms with E-state index in [1.807, 2.05) is 19.1 Å². The Morgan fingerprint density at radius 3 is 2.50 bits per heavy atom. The third-order valence-corrected chi connectivity index (χ3v) is 4.54. The quantitative estimate of drug-likeness (QED) is 0.735. The summed E-state index contributed by atoms with van der Waals surface area (Å²) in [4.78, 5) is 0.843. The summed E-state index contributed by atoms with van der Waals surface area (Å²) in [6, 6.07) is 5.44. The lowest BCUT2D eigenvalue weighted by Crippen LogP contribution is -2.23. The standard InChI is InChI=1S/C14H13BrF3NS/c1-2-7-19-14(10-5-6-11(15)20-10)8-3-4-9(16)13(18)12(8)17/h3-6,14,19H,2,7H2,1H3. The average molecular weight is 364 g/mol. The first kappa shape index (κ1) is 15.5. The summed E-state index contributed by atoms with van der Waals surface area (Å²) in [5, 5.41) is 3.16. The summed E-state index contributed by atoms with van der Waals surface area (Å²) >= 11 is 4.78. The van der Waals surface area contributed by atoms with Crippen LogP contribution in [-0.2, 0) is 0 Å². The Morgan fingerprint density at radius 2 is 1.90 bits per heavy atom. The lowest BCUT2D eigenvalue weighted by Gasteiger charge is -2.18. The lowest BCUT2D eigenvalue weighted by atomic mass is 10.0. The minimum atomic E-state index is -1.43. The van der Waals surface area contributed by atoms with Gasteiger partial charge in [-0.1, -0.05) is 13.0 Å². The zero-order chi connectivity index (χ0) is 14.7. The van der Waals surface area contributed by atoms with E-state index in [1.165, 1.54) is 17.4 Å². The van der Waals surface area contributed by atoms with E-state index in [0.717, 1.165) is 21.2 Å². The van der Waals surface area contributed by atoms with Gasteiger partial charge >= 0.3 is 0 Å². The summed E-state index contributed by atoms with van der Waals surface area (Å²) in [5.74, 6) is -3.74. The molecule has 6 heteroatoms. The smallest absolute Gasteiger partial charge is 0.194 e. The highest BCUT2D eigenvalue weighted by Crippen LogP contribution is 2.33. The Bertz CT molecular complexity index is 600. The first-order valence-corrected chi connectivity index (χ1v) is 7.77. The van der Waals surface area contributed by atoms with Crippen LogP contribution in [0, 0.1) is 17.5 Å². The Morgan fingerprint density at radius 1 is 1.15 bits per heavy atom. The number of thiophene rings is 1. The predicted octanol–water partition coefficient (Wildman–Crippen LogP) is 5.02. The minimum absolute atomic E-state index is 0.117. The molecule has 1 atom stereocenters. The monoisotopic (exact) mass is 363 g/mol. The molecule has 108 valence electrons. The molecule has 0 aliphatic rings. The molecule has 0 aliphatic carbocycles. The summed E-state index contributed by atoms with van der Waals surface area (Å²) in [6.45, 7) is 2.63. The first-order valence-electron chi connectivity index (χ1n) is 6.16. The highest BCUT2D eigenvalue weighted by molar-refractivity contribution is 9.11. The topological polar surface area (TPSA) is 12.0 Å². The van der Waals surface area contributed by atoms with Gasteiger partial charge in [0.05, 0.1) is 9.83 Å². The van der Waals surface area contributed by atoms with Crippen molar-refractivity contribution in [3.8, 4) is 0 Å². The molecule has 0 spiro atoms. The summed E-state index contributed by atoms with van der Waals surface area (Å²) in [7, 11) is 0. The van der Waals surface area contributed by atoms with E-state index in [0.29, 0.717) is 6.54 Å². The number of hydrogen-bond donors (Lipinski definition) is 1. The number of halogens is 4. The van der Waals surface area contributed by atoms with E-state index in [1.54, 1.807) is 0 Å². The molecule has 0 amide bonds. The van der Waals surface area contributed by atoms with Crippen LogP contribution in [0.3, 0.4) is 0 Å². The van der Waals surface area contributed by atoms with E-state index < -0.39 is 23.5 Å². The fourth-order valence-electron chi connectivity index (χ4n) is 1.90. The van der Waals surface area contributed by atoms with Gasteiger partial charge in [-0.05, 0) is 47.1 Å². The molecule has 0 radical (unpaired) electrons. The highest BCUT2D eigenvalue weighted by Gasteiger charge is 2.23. The maximum absolute atomic E-state index is 14.0. The van der Waals surface area contributed by atoms with Gasteiger partial charge in [0.1, 0.15) is 0 Å². The molecule has 1 aromatic heterocycles. The zero-order valence-electron chi connectivity index (χ0n) is 10.7. The number of benzene rings is 1. The van der Waals surface area contributed by atoms with Gasteiger partial charge in [-0.2, -0.15) is 0 Å². The largest absolute Gasteiger partial charge is 0.306 e. The first-order chi connectivity index (χ1) is 9.54. The van der Waals surface area contributed by atoms with E-state index >= 15 is 0 Å². The molecule has 2 aromatic rings. The molecule has 0 aliphatic heterocycles. The lowest BCUT2D eigenvalue weighted by molar-refractivity contribution is 0.433. The molecule has 20 heavy (non-hydrogen) atoms. The van der Waals surface area contributed by atoms with E-state index in [9.17, 15) is 13.2 Å². The maximum Gasteiger partial charge on any atom is 0.194 e. The minimum Gasteiger partial charge on any atom is -0.306 e. The van der Waals surface area contributed by atoms with Gasteiger partial charge in [-0.25, -0.2) is 13.2 Å². The summed E-state index contributed by atoms with van der Waals surface area (Å²) in [6.07, 6.45) is 0.855. The van der Waals surface area contributed by atoms with Crippen molar-refractivity contribution in [1.29, 1.82) is 0 Å². The van der Waals surface area contributed by atoms with Crippen molar-refractivity contribution in [3.63, 3.8) is 0 Å². The van der Waals surface area contributed by atoms with Crippen LogP contribution < -0.4 is 5.32 Å². The molecular formula is C14H13BrF3NS. The third kappa shape index (κ3) is 3.24. The van der Waals surface area contributed by atoms with Crippen LogP contribution >= 0.6 is 27.3 Å². The second-order valence-electron chi connectivity index (χ2n) is 4.29. The molecule has 0 fully saturated rings. The molecule has 1 heterocycles. The Hall–Kier alpha value is -0.850. The zero-order valence-corrected chi connectivity index (χ0v) is 13.1. The number of nitrogens with one attached hydrogen (secondary N) is 1. The maximum atomic E-state index is 14.0. The molecular weight excluding hydrogens is 351 g/mol. The number of rotatable bonds is 5. The van der Waals surface area contributed by atoms with E-state index in [4.69, 9.17) is 0 Å². The Labute approximate surface area is 128 Å². The fraction of sp³-hybridized carbons (Fsp3) is 0.286. The van der Waals surface area contributed by atoms with Crippen molar-refractivity contribution in [1.82, 2.24) is 5.32 Å². The second-order valence-corrected chi connectivity index (χ2v) is 6.79. The number of hydrogen-bond acceptors (Lipinski definition) is 2. The molecule has 1 aromatic carbocycles. The van der Waals surface area contributed by atoms with Gasteiger partial charge in [0.15, 0.2) is 17.5 Å². The van der Waals surface area contributed by atoms with Crippen LogP contribution in [-0.4, -0.2) is 6.54 Å². The summed E-state index contributed by atoms with van der Waals surface area (Å²) in [5.41, 5.74) is 0.117. The van der Waals surface area contributed by atoms with Crippen molar-refractivity contribution >= 4 is 27.3 Å². The van der Waals surface area contributed by atoms with Gasteiger partial charge in [0, 0.05) is 10.4 Å². The van der Waals surface area contributed by atoms with Gasteiger partial charge in [0.25, 0.3) is 0 Å². The Kier molecular flexibility index (Phi) is 5.23. The van der Waals surface area contributed by atoms with Gasteiger partial charge in [-0.15, -0.1) is 11.3 Å². The third-order valence-electron chi connectivity index (χ3n) is 2.85. The van der Waals surface area contributed by atoms with Crippen molar-refractivity contribution in [2.45, 2.75) is 19.4 Å². The highest BCUT2D eigenvalue weighted by atomic mass is 79.9. The van der Waals surface area contributed by atoms with Crippen LogP contribution in [0.2, 0.25) is 0 Å². The SMILES string of the molecule is CCCNC(c1ccc(Br)s1)c1ccc(F)c(F)c1F. The van der Waals surface area contributed by atoms with Crippen molar-refractivity contribution in [2.75, 3.05) is 6.54 Å². The van der Waals surface area contributed by atoms with Gasteiger partial charge in [-0.3, -0.25) is 0 Å². The van der Waals surface area contributed by atoms with Crippen LogP contribution in [0.1, 0.15) is 29.8 Å². The molecule has 0 bridgehead atoms. The van der Waals surface area contributed by atoms with E-state index in [-0.39, 0.29) is 5.56 Å². The molecule has 1 unspecified atom stereocenters. The fourth-order valence-corrected chi connectivity index (χ4v) is 3.42. The van der Waals surface area contributed by atoms with Crippen molar-refractivity contribution in [3.05, 3.63) is 55.9 Å². The average Bonchev–Trinajstić information content (AvgIpc) is 2.85. The predicted molar refractivity (Wildman–Crippen MR) is 78.5 cm³/mol. The Balaban J connectivity index is 2.43. The molecule has 1 N–H and O–H groups in total. The normalized spacial score (nSPS) is 12.7. The van der Waals surface area contributed by atoms with Gasteiger partial charge < -0.3 is 5.32 Å². The van der Waals surface area contributed by atoms with Crippen LogP contribution in [0.5, 0.6) is 0 Å². The van der Waals surface area contributed by atoms with Crippen molar-refractivity contribution in [2.24, 2.45) is 0 Å². The molecule has 1 nitrogen and oxygen atoms in total. The van der Waals surface area contributed by atoms with Crippen LogP contribution in [0.25, 0.3) is 0 Å².